The van der Waals surface area contributed by atoms with Crippen molar-refractivity contribution in [3.05, 3.63) is 41.5 Å². The number of benzene rings is 1. The summed E-state index contributed by atoms with van der Waals surface area (Å²) in [5, 5.41) is 12.2. The minimum absolute atomic E-state index is 0.0255. The first kappa shape index (κ1) is 20.5. The molecule has 0 aliphatic carbocycles. The lowest BCUT2D eigenvalue weighted by atomic mass is 9.99. The molecule has 0 saturated carbocycles. The fourth-order valence-corrected chi connectivity index (χ4v) is 5.16. The predicted molar refractivity (Wildman–Crippen MR) is 120 cm³/mol. The summed E-state index contributed by atoms with van der Waals surface area (Å²) < 4.78 is 7.80. The van der Waals surface area contributed by atoms with E-state index >= 15 is 0 Å². The van der Waals surface area contributed by atoms with Gasteiger partial charge < -0.3 is 19.5 Å². The lowest BCUT2D eigenvalue weighted by Gasteiger charge is -2.28. The number of piperidine rings is 1. The lowest BCUT2D eigenvalue weighted by molar-refractivity contribution is 0.0826. The Balaban J connectivity index is 1.19. The molecule has 7 heteroatoms. The third-order valence-corrected chi connectivity index (χ3v) is 7.05. The number of hydrogen-bond acceptors (Lipinski definition) is 5. The van der Waals surface area contributed by atoms with Crippen molar-refractivity contribution in [1.82, 2.24) is 20.1 Å². The highest BCUT2D eigenvalue weighted by molar-refractivity contribution is 5.94. The molecule has 4 heterocycles. The molecule has 1 aromatic carbocycles. The molecule has 3 aliphatic heterocycles. The first-order valence-corrected chi connectivity index (χ1v) is 11.9. The van der Waals surface area contributed by atoms with Crippen LogP contribution in [-0.4, -0.2) is 53.0 Å². The van der Waals surface area contributed by atoms with E-state index in [9.17, 15) is 4.79 Å². The van der Waals surface area contributed by atoms with Crippen LogP contribution in [0.1, 0.15) is 72.9 Å². The number of ether oxygens (including phenoxy) is 1. The van der Waals surface area contributed by atoms with Crippen LogP contribution in [0.4, 0.5) is 5.69 Å². The van der Waals surface area contributed by atoms with Crippen LogP contribution < -0.4 is 10.2 Å². The van der Waals surface area contributed by atoms with E-state index in [1.165, 1.54) is 24.9 Å². The van der Waals surface area contributed by atoms with Crippen molar-refractivity contribution in [2.45, 2.75) is 69.9 Å². The second kappa shape index (κ2) is 9.39. The number of fused-ring (bicyclic) bond motifs is 1. The van der Waals surface area contributed by atoms with Crippen molar-refractivity contribution in [3.63, 3.8) is 0 Å². The van der Waals surface area contributed by atoms with E-state index in [0.29, 0.717) is 5.92 Å². The normalized spacial score (nSPS) is 22.6. The summed E-state index contributed by atoms with van der Waals surface area (Å²) in [6.45, 7) is 4.72. The Morgan fingerprint density at radius 3 is 2.48 bits per heavy atom. The number of hydrogen-bond donors (Lipinski definition) is 1. The molecule has 0 spiro atoms. The topological polar surface area (TPSA) is 72.3 Å². The molecule has 31 heavy (non-hydrogen) atoms. The van der Waals surface area contributed by atoms with Crippen LogP contribution in [0.5, 0.6) is 0 Å². The van der Waals surface area contributed by atoms with E-state index in [1.807, 2.05) is 12.1 Å². The minimum Gasteiger partial charge on any atom is -0.381 e. The average molecular weight is 424 g/mol. The molecular weight excluding hydrogens is 390 g/mol. The van der Waals surface area contributed by atoms with E-state index in [2.05, 4.69) is 37.1 Å². The van der Waals surface area contributed by atoms with Gasteiger partial charge in [-0.3, -0.25) is 4.79 Å². The van der Waals surface area contributed by atoms with E-state index < -0.39 is 0 Å². The fraction of sp³-hybridized carbons (Fsp3) is 0.625. The van der Waals surface area contributed by atoms with Crippen molar-refractivity contribution in [1.29, 1.82) is 0 Å². The maximum atomic E-state index is 12.9. The van der Waals surface area contributed by atoms with Gasteiger partial charge >= 0.3 is 0 Å². The molecule has 0 radical (unpaired) electrons. The number of carbonyl (C=O) groups excluding carboxylic acids is 1. The summed E-state index contributed by atoms with van der Waals surface area (Å²) >= 11 is 0. The molecule has 5 rings (SSSR count). The molecule has 1 unspecified atom stereocenters. The lowest BCUT2D eigenvalue weighted by Crippen LogP contribution is -2.35. The highest BCUT2D eigenvalue weighted by Gasteiger charge is 2.27. The average Bonchev–Trinajstić information content (AvgIpc) is 3.14. The first-order valence-electron chi connectivity index (χ1n) is 11.9. The van der Waals surface area contributed by atoms with E-state index in [4.69, 9.17) is 4.74 Å². The van der Waals surface area contributed by atoms with Gasteiger partial charge in [0.25, 0.3) is 5.91 Å². The number of carbonyl (C=O) groups is 1. The van der Waals surface area contributed by atoms with Gasteiger partial charge in [0.15, 0.2) is 0 Å². The molecule has 7 nitrogen and oxygen atoms in total. The summed E-state index contributed by atoms with van der Waals surface area (Å²) in [4.78, 5) is 15.3. The SMILES string of the molecule is O=C(NC1CCc2nnc(C3CCOCC3)n2CC1)c1ccc(N2CCCCC2)cc1. The van der Waals surface area contributed by atoms with Gasteiger partial charge in [-0.15, -0.1) is 10.2 Å². The standard InChI is InChI=1S/C24H33N5O2/c30-24(19-4-7-21(8-5-19)28-13-2-1-3-14-28)25-20-6-9-22-26-27-23(29(22)15-10-20)18-11-16-31-17-12-18/h4-5,7-8,18,20H,1-3,6,9-17H2,(H,25,30). The maximum absolute atomic E-state index is 12.9. The molecule has 1 amide bonds. The summed E-state index contributed by atoms with van der Waals surface area (Å²) in [6, 6.07) is 8.28. The van der Waals surface area contributed by atoms with Gasteiger partial charge in [0, 0.05) is 62.5 Å². The van der Waals surface area contributed by atoms with Crippen LogP contribution in [0.3, 0.4) is 0 Å². The molecule has 1 atom stereocenters. The Morgan fingerprint density at radius 1 is 0.935 bits per heavy atom. The predicted octanol–water partition coefficient (Wildman–Crippen LogP) is 3.30. The monoisotopic (exact) mass is 423 g/mol. The van der Waals surface area contributed by atoms with Crippen LogP contribution in [-0.2, 0) is 17.7 Å². The van der Waals surface area contributed by atoms with Crippen molar-refractivity contribution in [2.24, 2.45) is 0 Å². The summed E-state index contributed by atoms with van der Waals surface area (Å²) in [6.07, 6.45) is 8.56. The van der Waals surface area contributed by atoms with E-state index in [0.717, 1.165) is 82.2 Å². The number of amides is 1. The van der Waals surface area contributed by atoms with Crippen molar-refractivity contribution < 1.29 is 9.53 Å². The quantitative estimate of drug-likeness (QED) is 0.817. The fourth-order valence-electron chi connectivity index (χ4n) is 5.16. The highest BCUT2D eigenvalue weighted by atomic mass is 16.5. The second-order valence-corrected chi connectivity index (χ2v) is 9.11. The summed E-state index contributed by atoms with van der Waals surface area (Å²) in [7, 11) is 0. The van der Waals surface area contributed by atoms with Gasteiger partial charge in [-0.25, -0.2) is 0 Å². The van der Waals surface area contributed by atoms with Gasteiger partial charge in [-0.1, -0.05) is 0 Å². The molecule has 2 saturated heterocycles. The Bertz CT molecular complexity index is 882. The second-order valence-electron chi connectivity index (χ2n) is 9.11. The molecule has 0 bridgehead atoms. The minimum atomic E-state index is 0.0255. The van der Waals surface area contributed by atoms with Crippen LogP contribution in [0, 0.1) is 0 Å². The maximum Gasteiger partial charge on any atom is 0.251 e. The number of aryl methyl sites for hydroxylation is 1. The van der Waals surface area contributed by atoms with Gasteiger partial charge in [-0.2, -0.15) is 0 Å². The molecule has 2 fully saturated rings. The van der Waals surface area contributed by atoms with Gasteiger partial charge in [0.2, 0.25) is 0 Å². The van der Waals surface area contributed by atoms with Crippen LogP contribution in [0.2, 0.25) is 0 Å². The summed E-state index contributed by atoms with van der Waals surface area (Å²) in [5.41, 5.74) is 1.97. The molecular formula is C24H33N5O2. The zero-order valence-electron chi connectivity index (χ0n) is 18.3. The third kappa shape index (κ3) is 4.61. The molecule has 2 aromatic rings. The Morgan fingerprint density at radius 2 is 1.71 bits per heavy atom. The van der Waals surface area contributed by atoms with Crippen molar-refractivity contribution in [3.8, 4) is 0 Å². The van der Waals surface area contributed by atoms with Gasteiger partial charge in [-0.05, 0) is 69.2 Å². The number of nitrogens with zero attached hydrogens (tertiary/aromatic N) is 4. The first-order chi connectivity index (χ1) is 15.3. The Hall–Kier alpha value is -2.41. The van der Waals surface area contributed by atoms with Gasteiger partial charge in [0.1, 0.15) is 11.6 Å². The molecule has 3 aliphatic rings. The third-order valence-electron chi connectivity index (χ3n) is 7.05. The number of aromatic nitrogens is 3. The van der Waals surface area contributed by atoms with Crippen LogP contribution in [0.25, 0.3) is 0 Å². The van der Waals surface area contributed by atoms with Crippen molar-refractivity contribution in [2.75, 3.05) is 31.2 Å². The molecule has 166 valence electrons. The van der Waals surface area contributed by atoms with E-state index in [-0.39, 0.29) is 11.9 Å². The largest absolute Gasteiger partial charge is 0.381 e. The van der Waals surface area contributed by atoms with Crippen molar-refractivity contribution >= 4 is 11.6 Å². The number of rotatable bonds is 4. The van der Waals surface area contributed by atoms with Crippen LogP contribution >= 0.6 is 0 Å². The highest BCUT2D eigenvalue weighted by Crippen LogP contribution is 2.28. The zero-order chi connectivity index (χ0) is 21.0. The zero-order valence-corrected chi connectivity index (χ0v) is 18.3. The summed E-state index contributed by atoms with van der Waals surface area (Å²) in [5.74, 6) is 2.64. The Kier molecular flexibility index (Phi) is 6.20. The molecule has 1 N–H and O–H groups in total. The van der Waals surface area contributed by atoms with Crippen LogP contribution in [0.15, 0.2) is 24.3 Å². The number of anilines is 1. The smallest absolute Gasteiger partial charge is 0.251 e. The molecule has 1 aromatic heterocycles. The Labute approximate surface area is 184 Å². The van der Waals surface area contributed by atoms with Gasteiger partial charge in [0.05, 0.1) is 0 Å². The number of nitrogens with one attached hydrogen (secondary N) is 1. The van der Waals surface area contributed by atoms with E-state index in [1.54, 1.807) is 0 Å².